The van der Waals surface area contributed by atoms with Crippen molar-refractivity contribution in [1.29, 1.82) is 0 Å². The lowest BCUT2D eigenvalue weighted by Crippen LogP contribution is -2.45. The zero-order chi connectivity index (χ0) is 17.9. The number of urea groups is 1. The summed E-state index contributed by atoms with van der Waals surface area (Å²) in [6.07, 6.45) is 0. The van der Waals surface area contributed by atoms with Crippen molar-refractivity contribution in [3.63, 3.8) is 0 Å². The molecule has 0 bridgehead atoms. The quantitative estimate of drug-likeness (QED) is 0.754. The Hall–Kier alpha value is -2.12. The van der Waals surface area contributed by atoms with E-state index in [0.717, 1.165) is 4.90 Å². The van der Waals surface area contributed by atoms with E-state index in [1.54, 1.807) is 38.1 Å². The molecule has 0 radical (unpaired) electrons. The Bertz CT molecular complexity index is 666. The van der Waals surface area contributed by atoms with Gasteiger partial charge in [0, 0.05) is 23.7 Å². The Morgan fingerprint density at radius 2 is 2.08 bits per heavy atom. The van der Waals surface area contributed by atoms with Gasteiger partial charge in [0.05, 0.1) is 6.61 Å². The lowest BCUT2D eigenvalue weighted by Gasteiger charge is -2.23. The van der Waals surface area contributed by atoms with E-state index in [1.165, 1.54) is 7.11 Å². The van der Waals surface area contributed by atoms with Gasteiger partial charge in [-0.1, -0.05) is 29.8 Å². The number of halogens is 1. The summed E-state index contributed by atoms with van der Waals surface area (Å²) in [5, 5.41) is 5.65. The first-order valence-corrected chi connectivity index (χ1v) is 7.84. The molecule has 0 unspecified atom stereocenters. The van der Waals surface area contributed by atoms with E-state index in [-0.39, 0.29) is 12.6 Å². The molecule has 2 atom stereocenters. The molecule has 130 valence electrons. The number of methoxy groups -OCH3 is 1. The van der Waals surface area contributed by atoms with Crippen LogP contribution < -0.4 is 10.6 Å². The zero-order valence-electron chi connectivity index (χ0n) is 13.8. The number of nitrogens with zero attached hydrogens (tertiary/aromatic N) is 1. The molecule has 24 heavy (non-hydrogen) atoms. The van der Waals surface area contributed by atoms with Crippen LogP contribution in [0.1, 0.15) is 19.4 Å². The fourth-order valence-corrected chi connectivity index (χ4v) is 2.97. The lowest BCUT2D eigenvalue weighted by molar-refractivity contribution is -0.135. The van der Waals surface area contributed by atoms with Gasteiger partial charge in [-0.15, -0.1) is 0 Å². The van der Waals surface area contributed by atoms with Crippen LogP contribution >= 0.6 is 11.6 Å². The molecule has 2 N–H and O–H groups in total. The average Bonchev–Trinajstić information content (AvgIpc) is 2.72. The van der Waals surface area contributed by atoms with Crippen molar-refractivity contribution < 1.29 is 19.1 Å². The second kappa shape index (κ2) is 7.19. The molecular weight excluding hydrogens is 334 g/mol. The minimum Gasteiger partial charge on any atom is -0.383 e. The molecule has 1 fully saturated rings. The third-order valence-electron chi connectivity index (χ3n) is 3.81. The number of benzene rings is 1. The van der Waals surface area contributed by atoms with E-state index in [4.69, 9.17) is 16.3 Å². The molecule has 8 heteroatoms. The monoisotopic (exact) mass is 353 g/mol. The van der Waals surface area contributed by atoms with E-state index in [1.807, 2.05) is 0 Å². The molecule has 7 nitrogen and oxygen atoms in total. The van der Waals surface area contributed by atoms with Gasteiger partial charge in [-0.2, -0.15) is 0 Å². The van der Waals surface area contributed by atoms with E-state index in [9.17, 15) is 14.4 Å². The number of amides is 4. The van der Waals surface area contributed by atoms with E-state index in [0.29, 0.717) is 17.2 Å². The Morgan fingerprint density at radius 3 is 2.71 bits per heavy atom. The van der Waals surface area contributed by atoms with Crippen LogP contribution in [0.3, 0.4) is 0 Å². The van der Waals surface area contributed by atoms with Gasteiger partial charge in [-0.25, -0.2) is 4.79 Å². The summed E-state index contributed by atoms with van der Waals surface area (Å²) in [4.78, 5) is 37.8. The van der Waals surface area contributed by atoms with Gasteiger partial charge in [0.2, 0.25) is 5.91 Å². The van der Waals surface area contributed by atoms with Crippen LogP contribution in [0.4, 0.5) is 4.79 Å². The standard InChI is InChI=1S/C16H20ClN3O4/c1-10(9-24-3)18-13(21)8-20-14(22)16(2,19-15(20)23)11-6-4-5-7-12(11)17/h4-7,10H,8-9H2,1-3H3,(H,18,21)(H,19,23)/t10-,16+/m0/s1. The van der Waals surface area contributed by atoms with E-state index < -0.39 is 23.4 Å². The van der Waals surface area contributed by atoms with E-state index in [2.05, 4.69) is 10.6 Å². The fourth-order valence-electron chi connectivity index (χ4n) is 2.65. The molecule has 1 aromatic carbocycles. The number of rotatable bonds is 6. The molecule has 2 rings (SSSR count). The van der Waals surface area contributed by atoms with Crippen LogP contribution in [-0.2, 0) is 19.9 Å². The first-order chi connectivity index (χ1) is 11.3. The number of imide groups is 1. The maximum Gasteiger partial charge on any atom is 0.325 e. The minimum absolute atomic E-state index is 0.224. The average molecular weight is 354 g/mol. The number of ether oxygens (including phenoxy) is 1. The molecule has 1 aromatic rings. The molecular formula is C16H20ClN3O4. The van der Waals surface area contributed by atoms with Gasteiger partial charge >= 0.3 is 6.03 Å². The van der Waals surface area contributed by atoms with Crippen LogP contribution in [0, 0.1) is 0 Å². The Labute approximate surface area is 145 Å². The predicted octanol–water partition coefficient (Wildman–Crippen LogP) is 1.26. The van der Waals surface area contributed by atoms with Crippen LogP contribution in [-0.4, -0.2) is 49.0 Å². The van der Waals surface area contributed by atoms with Crippen molar-refractivity contribution in [2.24, 2.45) is 0 Å². The summed E-state index contributed by atoms with van der Waals surface area (Å²) in [7, 11) is 1.52. The van der Waals surface area contributed by atoms with Gasteiger partial charge in [0.1, 0.15) is 12.1 Å². The first kappa shape index (κ1) is 18.2. The van der Waals surface area contributed by atoms with Gasteiger partial charge < -0.3 is 15.4 Å². The highest BCUT2D eigenvalue weighted by molar-refractivity contribution is 6.32. The largest absolute Gasteiger partial charge is 0.383 e. The summed E-state index contributed by atoms with van der Waals surface area (Å²) < 4.78 is 4.93. The van der Waals surface area contributed by atoms with Crippen molar-refractivity contribution in [3.8, 4) is 0 Å². The Morgan fingerprint density at radius 1 is 1.42 bits per heavy atom. The normalized spacial score (nSPS) is 21.6. The van der Waals surface area contributed by atoms with Crippen molar-refractivity contribution in [1.82, 2.24) is 15.5 Å². The van der Waals surface area contributed by atoms with Gasteiger partial charge in [-0.05, 0) is 19.9 Å². The van der Waals surface area contributed by atoms with Crippen molar-refractivity contribution in [2.45, 2.75) is 25.4 Å². The summed E-state index contributed by atoms with van der Waals surface area (Å²) in [5.74, 6) is -0.957. The maximum atomic E-state index is 12.7. The smallest absolute Gasteiger partial charge is 0.325 e. The number of hydrogen-bond acceptors (Lipinski definition) is 4. The number of nitrogens with one attached hydrogen (secondary N) is 2. The Kier molecular flexibility index (Phi) is 5.46. The third kappa shape index (κ3) is 3.52. The van der Waals surface area contributed by atoms with Crippen molar-refractivity contribution in [3.05, 3.63) is 34.9 Å². The van der Waals surface area contributed by atoms with Gasteiger partial charge in [0.25, 0.3) is 5.91 Å². The summed E-state index contributed by atoms with van der Waals surface area (Å²) in [5.41, 5.74) is -0.811. The number of hydrogen-bond donors (Lipinski definition) is 2. The predicted molar refractivity (Wildman–Crippen MR) is 88.5 cm³/mol. The molecule has 0 spiro atoms. The minimum atomic E-state index is -1.30. The second-order valence-electron chi connectivity index (χ2n) is 5.85. The van der Waals surface area contributed by atoms with Crippen molar-refractivity contribution >= 4 is 29.4 Å². The molecule has 1 saturated heterocycles. The second-order valence-corrected chi connectivity index (χ2v) is 6.26. The highest BCUT2D eigenvalue weighted by atomic mass is 35.5. The van der Waals surface area contributed by atoms with Crippen LogP contribution in [0.5, 0.6) is 0 Å². The molecule has 0 saturated carbocycles. The molecule has 1 aliphatic rings. The van der Waals surface area contributed by atoms with Crippen molar-refractivity contribution in [2.75, 3.05) is 20.3 Å². The molecule has 4 amide bonds. The first-order valence-electron chi connectivity index (χ1n) is 7.47. The highest BCUT2D eigenvalue weighted by Crippen LogP contribution is 2.33. The van der Waals surface area contributed by atoms with Crippen LogP contribution in [0.15, 0.2) is 24.3 Å². The third-order valence-corrected chi connectivity index (χ3v) is 4.14. The topological polar surface area (TPSA) is 87.7 Å². The summed E-state index contributed by atoms with van der Waals surface area (Å²) in [6.45, 7) is 3.31. The summed E-state index contributed by atoms with van der Waals surface area (Å²) in [6, 6.07) is 5.93. The molecule has 1 heterocycles. The van der Waals surface area contributed by atoms with Gasteiger partial charge in [-0.3, -0.25) is 14.5 Å². The highest BCUT2D eigenvalue weighted by Gasteiger charge is 2.50. The Balaban J connectivity index is 2.14. The van der Waals surface area contributed by atoms with Crippen LogP contribution in [0.2, 0.25) is 5.02 Å². The number of carbonyl (C=O) groups excluding carboxylic acids is 3. The lowest BCUT2D eigenvalue weighted by atomic mass is 9.92. The van der Waals surface area contributed by atoms with Crippen LogP contribution in [0.25, 0.3) is 0 Å². The molecule has 1 aliphatic heterocycles. The van der Waals surface area contributed by atoms with E-state index >= 15 is 0 Å². The molecule has 0 aromatic heterocycles. The SMILES string of the molecule is COC[C@H](C)NC(=O)CN1C(=O)N[C@](C)(c2ccccc2Cl)C1=O. The number of carbonyl (C=O) groups is 3. The summed E-state index contributed by atoms with van der Waals surface area (Å²) >= 11 is 6.15. The molecule has 0 aliphatic carbocycles. The fraction of sp³-hybridized carbons (Fsp3) is 0.438. The zero-order valence-corrected chi connectivity index (χ0v) is 14.5. The van der Waals surface area contributed by atoms with Gasteiger partial charge in [0.15, 0.2) is 0 Å². The maximum absolute atomic E-state index is 12.7.